The zero-order chi connectivity index (χ0) is 13.5. The quantitative estimate of drug-likeness (QED) is 0.720. The summed E-state index contributed by atoms with van der Waals surface area (Å²) in [6.07, 6.45) is 8.68. The van der Waals surface area contributed by atoms with Gasteiger partial charge in [0.1, 0.15) is 6.10 Å². The molecule has 1 heterocycles. The lowest BCUT2D eigenvalue weighted by atomic mass is 10.1. The average molecular weight is 266 g/mol. The van der Waals surface area contributed by atoms with E-state index in [2.05, 4.69) is 16.7 Å². The van der Waals surface area contributed by atoms with Crippen molar-refractivity contribution in [2.24, 2.45) is 0 Å². The highest BCUT2D eigenvalue weighted by Gasteiger charge is 2.24. The number of ether oxygens (including phenoxy) is 1. The molecule has 0 saturated heterocycles. The highest BCUT2D eigenvalue weighted by atomic mass is 16.5. The Morgan fingerprint density at radius 3 is 2.95 bits per heavy atom. The van der Waals surface area contributed by atoms with Crippen molar-refractivity contribution in [2.75, 3.05) is 19.6 Å². The maximum Gasteiger partial charge on any atom is 0.249 e. The monoisotopic (exact) mass is 266 g/mol. The second kappa shape index (κ2) is 7.65. The van der Waals surface area contributed by atoms with Crippen molar-refractivity contribution >= 4 is 5.91 Å². The number of carbonyl (C=O) groups excluding carboxylic acids is 1. The molecule has 0 spiro atoms. The predicted octanol–water partition coefficient (Wildman–Crippen LogP) is 1.76. The highest BCUT2D eigenvalue weighted by Crippen LogP contribution is 2.22. The van der Waals surface area contributed by atoms with Gasteiger partial charge in [0, 0.05) is 13.1 Å². The fraction of sp³-hybridized carbons (Fsp3) is 0.800. The molecule has 4 heteroatoms. The van der Waals surface area contributed by atoms with Crippen molar-refractivity contribution in [1.82, 2.24) is 10.6 Å². The second-order valence-electron chi connectivity index (χ2n) is 5.47. The molecule has 0 aromatic heterocycles. The maximum absolute atomic E-state index is 12.1. The third kappa shape index (κ3) is 4.62. The highest BCUT2D eigenvalue weighted by molar-refractivity contribution is 5.80. The Balaban J connectivity index is 1.74. The van der Waals surface area contributed by atoms with Gasteiger partial charge < -0.3 is 15.4 Å². The van der Waals surface area contributed by atoms with E-state index >= 15 is 0 Å². The number of nitrogens with one attached hydrogen (secondary N) is 2. The van der Waals surface area contributed by atoms with E-state index in [9.17, 15) is 4.79 Å². The smallest absolute Gasteiger partial charge is 0.249 e. The van der Waals surface area contributed by atoms with Crippen molar-refractivity contribution in [2.45, 2.75) is 57.7 Å². The number of carbonyl (C=O) groups is 1. The van der Waals surface area contributed by atoms with Crippen LogP contribution in [0.3, 0.4) is 0 Å². The zero-order valence-corrected chi connectivity index (χ0v) is 11.9. The van der Waals surface area contributed by atoms with E-state index < -0.39 is 0 Å². The van der Waals surface area contributed by atoms with Gasteiger partial charge in [-0.1, -0.05) is 31.4 Å². The number of amides is 1. The largest absolute Gasteiger partial charge is 0.365 e. The molecule has 1 fully saturated rings. The first-order valence-corrected chi connectivity index (χ1v) is 7.61. The van der Waals surface area contributed by atoms with Gasteiger partial charge in [0.2, 0.25) is 5.91 Å². The Morgan fingerprint density at radius 1 is 1.53 bits per heavy atom. The SMILES string of the molecule is CCC(OC1CCCC1)C(=O)NCC1=CCNCC1. The number of rotatable bonds is 6. The van der Waals surface area contributed by atoms with E-state index in [0.29, 0.717) is 12.6 Å². The van der Waals surface area contributed by atoms with E-state index in [1.807, 2.05) is 6.92 Å². The molecule has 2 rings (SSSR count). The van der Waals surface area contributed by atoms with Crippen LogP contribution in [0.5, 0.6) is 0 Å². The Morgan fingerprint density at radius 2 is 2.32 bits per heavy atom. The van der Waals surface area contributed by atoms with Crippen LogP contribution in [-0.4, -0.2) is 37.7 Å². The number of hydrogen-bond donors (Lipinski definition) is 2. The van der Waals surface area contributed by atoms with Crippen LogP contribution in [0.4, 0.5) is 0 Å². The minimum Gasteiger partial charge on any atom is -0.365 e. The van der Waals surface area contributed by atoms with Crippen molar-refractivity contribution < 1.29 is 9.53 Å². The van der Waals surface area contributed by atoms with E-state index in [-0.39, 0.29) is 12.0 Å². The van der Waals surface area contributed by atoms with Crippen LogP contribution in [0, 0.1) is 0 Å². The molecule has 19 heavy (non-hydrogen) atoms. The second-order valence-corrected chi connectivity index (χ2v) is 5.47. The third-order valence-electron chi connectivity index (χ3n) is 3.97. The molecule has 1 unspecified atom stereocenters. The van der Waals surface area contributed by atoms with Gasteiger partial charge in [-0.15, -0.1) is 0 Å². The maximum atomic E-state index is 12.1. The summed E-state index contributed by atoms with van der Waals surface area (Å²) in [5.41, 5.74) is 1.32. The lowest BCUT2D eigenvalue weighted by Crippen LogP contribution is -2.39. The zero-order valence-electron chi connectivity index (χ0n) is 11.9. The first kappa shape index (κ1) is 14.5. The van der Waals surface area contributed by atoms with Crippen molar-refractivity contribution in [3.63, 3.8) is 0 Å². The third-order valence-corrected chi connectivity index (χ3v) is 3.97. The fourth-order valence-corrected chi connectivity index (χ4v) is 2.74. The molecule has 1 aliphatic heterocycles. The Bertz CT molecular complexity index is 322. The van der Waals surface area contributed by atoms with Crippen LogP contribution in [0.15, 0.2) is 11.6 Å². The first-order valence-electron chi connectivity index (χ1n) is 7.61. The van der Waals surface area contributed by atoms with Crippen LogP contribution < -0.4 is 10.6 Å². The summed E-state index contributed by atoms with van der Waals surface area (Å²) in [6.45, 7) is 4.62. The minimum atomic E-state index is -0.273. The van der Waals surface area contributed by atoms with E-state index in [4.69, 9.17) is 4.74 Å². The summed E-state index contributed by atoms with van der Waals surface area (Å²) in [6, 6.07) is 0. The van der Waals surface area contributed by atoms with Gasteiger partial charge in [0.25, 0.3) is 0 Å². The molecule has 1 saturated carbocycles. The summed E-state index contributed by atoms with van der Waals surface area (Å²) in [7, 11) is 0. The lowest BCUT2D eigenvalue weighted by molar-refractivity contribution is -0.136. The molecular formula is C15H26N2O2. The molecule has 1 amide bonds. The lowest BCUT2D eigenvalue weighted by Gasteiger charge is -2.21. The molecule has 1 aliphatic carbocycles. The summed E-state index contributed by atoms with van der Waals surface area (Å²) >= 11 is 0. The summed E-state index contributed by atoms with van der Waals surface area (Å²) < 4.78 is 5.92. The van der Waals surface area contributed by atoms with Gasteiger partial charge in [-0.25, -0.2) is 0 Å². The first-order chi connectivity index (χ1) is 9.29. The van der Waals surface area contributed by atoms with Crippen molar-refractivity contribution in [3.8, 4) is 0 Å². The molecule has 0 aromatic rings. The topological polar surface area (TPSA) is 50.4 Å². The van der Waals surface area contributed by atoms with Crippen LogP contribution in [0.1, 0.15) is 45.4 Å². The summed E-state index contributed by atoms with van der Waals surface area (Å²) in [5.74, 6) is 0.0498. The minimum absolute atomic E-state index is 0.0498. The molecule has 0 radical (unpaired) electrons. The molecule has 2 N–H and O–H groups in total. The Labute approximate surface area is 116 Å². The predicted molar refractivity (Wildman–Crippen MR) is 76.0 cm³/mol. The molecule has 4 nitrogen and oxygen atoms in total. The molecule has 2 aliphatic rings. The van der Waals surface area contributed by atoms with E-state index in [1.165, 1.54) is 18.4 Å². The Hall–Kier alpha value is -0.870. The van der Waals surface area contributed by atoms with Crippen molar-refractivity contribution in [1.29, 1.82) is 0 Å². The molecule has 108 valence electrons. The van der Waals surface area contributed by atoms with Crippen LogP contribution in [-0.2, 0) is 9.53 Å². The van der Waals surface area contributed by atoms with Gasteiger partial charge in [-0.3, -0.25) is 4.79 Å². The fourth-order valence-electron chi connectivity index (χ4n) is 2.74. The van der Waals surface area contributed by atoms with Gasteiger partial charge in [-0.05, 0) is 32.2 Å². The molecular weight excluding hydrogens is 240 g/mol. The standard InChI is InChI=1S/C15H26N2O2/c1-2-14(19-13-5-3-4-6-13)15(18)17-11-12-7-9-16-10-8-12/h7,13-14,16H,2-6,8-11H2,1H3,(H,17,18). The Kier molecular flexibility index (Phi) is 5.86. The average Bonchev–Trinajstić information content (AvgIpc) is 2.96. The van der Waals surface area contributed by atoms with E-state index in [1.54, 1.807) is 0 Å². The summed E-state index contributed by atoms with van der Waals surface area (Å²) in [4.78, 5) is 12.1. The van der Waals surface area contributed by atoms with Crippen LogP contribution in [0.25, 0.3) is 0 Å². The van der Waals surface area contributed by atoms with Crippen LogP contribution in [0.2, 0.25) is 0 Å². The normalized spacial score (nSPS) is 22.1. The van der Waals surface area contributed by atoms with Gasteiger partial charge >= 0.3 is 0 Å². The van der Waals surface area contributed by atoms with Crippen molar-refractivity contribution in [3.05, 3.63) is 11.6 Å². The summed E-state index contributed by atoms with van der Waals surface area (Å²) in [5, 5.41) is 6.29. The van der Waals surface area contributed by atoms with Gasteiger partial charge in [-0.2, -0.15) is 0 Å². The molecule has 1 atom stereocenters. The van der Waals surface area contributed by atoms with Crippen LogP contribution >= 0.6 is 0 Å². The van der Waals surface area contributed by atoms with Gasteiger partial charge in [0.05, 0.1) is 6.10 Å². The molecule has 0 bridgehead atoms. The number of hydrogen-bond acceptors (Lipinski definition) is 3. The van der Waals surface area contributed by atoms with Gasteiger partial charge in [0.15, 0.2) is 0 Å². The molecule has 0 aromatic carbocycles. The van der Waals surface area contributed by atoms with E-state index in [0.717, 1.165) is 38.8 Å².